The van der Waals surface area contributed by atoms with Crippen molar-refractivity contribution in [3.05, 3.63) is 0 Å². The lowest BCUT2D eigenvalue weighted by Crippen LogP contribution is -1.37. The average Bonchev–Trinajstić information content (AvgIpc) is 0.918. The molecule has 0 bridgehead atoms. The van der Waals surface area contributed by atoms with Crippen LogP contribution in [-0.2, 0) is 4.52 Å². The Morgan fingerprint density at radius 2 is 1.75 bits per heavy atom. The van der Waals surface area contributed by atoms with E-state index in [9.17, 15) is 0 Å². The zero-order valence-corrected chi connectivity index (χ0v) is 3.20. The van der Waals surface area contributed by atoms with Gasteiger partial charge in [-0.15, -0.1) is 0 Å². The summed E-state index contributed by atoms with van der Waals surface area (Å²) >= 11 is 0. The highest BCUT2D eigenvalue weighted by molar-refractivity contribution is 7.09. The Balaban J connectivity index is 0. The summed E-state index contributed by atoms with van der Waals surface area (Å²) < 4.78 is 3.94. The molecule has 0 N–H and O–H groups in total. The smallest absolute Gasteiger partial charge is 0.147 e. The zero-order chi connectivity index (χ0) is 2.71. The van der Waals surface area contributed by atoms with Crippen LogP contribution in [0.5, 0.6) is 0 Å². The maximum absolute atomic E-state index is 3.94. The van der Waals surface area contributed by atoms with Crippen molar-refractivity contribution in [2.24, 2.45) is 0 Å². The van der Waals surface area contributed by atoms with Gasteiger partial charge in [-0.25, -0.2) is 0 Å². The molecule has 0 amide bonds. The second kappa shape index (κ2) is 10.2. The highest BCUT2D eigenvalue weighted by Crippen LogP contribution is 1.68. The molecule has 23 valence electrons. The fourth-order valence-electron chi connectivity index (χ4n) is 0. The molecule has 0 aromatic carbocycles. The van der Waals surface area contributed by atoms with Gasteiger partial charge in [0.25, 0.3) is 0 Å². The molecule has 3 heteroatoms. The van der Waals surface area contributed by atoms with Crippen LogP contribution in [0.1, 0.15) is 0 Å². The van der Waals surface area contributed by atoms with Gasteiger partial charge in [-0.05, 0) is 0 Å². The minimum atomic E-state index is 0. The number of hydrogen-bond acceptors (Lipinski definition) is 1. The highest BCUT2D eigenvalue weighted by Gasteiger charge is 1.31. The fourth-order valence-corrected chi connectivity index (χ4v) is 0. The fraction of sp³-hybridized carbons (Fsp3) is 1.00. The van der Waals surface area contributed by atoms with Crippen LogP contribution < -0.4 is 6.15 Å². The van der Waals surface area contributed by atoms with Crippen LogP contribution in [-0.4, -0.2) is 7.11 Å². The maximum Gasteiger partial charge on any atom is 0.147 e. The average molecular weight is 76.0 g/mol. The maximum atomic E-state index is 3.94. The van der Waals surface area contributed by atoms with Crippen LogP contribution in [0.25, 0.3) is 0 Å². The van der Waals surface area contributed by atoms with Gasteiger partial charge < -0.3 is 4.52 Å². The van der Waals surface area contributed by atoms with E-state index < -0.39 is 0 Å². The van der Waals surface area contributed by atoms with Gasteiger partial charge in [0.1, 0.15) is 9.47 Å². The van der Waals surface area contributed by atoms with Gasteiger partial charge in [-0.3, -0.25) is 0 Å². The molecular formula is CH3NOP. The van der Waals surface area contributed by atoms with Gasteiger partial charge >= 0.3 is 0 Å². The van der Waals surface area contributed by atoms with Crippen LogP contribution in [0, 0.1) is 0 Å². The first-order valence-electron chi connectivity index (χ1n) is 0.591. The molecule has 0 aromatic rings. The van der Waals surface area contributed by atoms with E-state index in [2.05, 4.69) is 14.0 Å². The summed E-state index contributed by atoms with van der Waals surface area (Å²) in [5, 5.41) is 0. The lowest BCUT2D eigenvalue weighted by Gasteiger charge is -1.56. The van der Waals surface area contributed by atoms with Crippen molar-refractivity contribution in [3.8, 4) is 0 Å². The summed E-state index contributed by atoms with van der Waals surface area (Å²) in [7, 11) is 4.78. The van der Waals surface area contributed by atoms with Crippen molar-refractivity contribution in [1.82, 2.24) is 6.15 Å². The molecule has 0 saturated heterocycles. The van der Waals surface area contributed by atoms with Crippen molar-refractivity contribution in [3.63, 3.8) is 0 Å². The molecule has 0 saturated carbocycles. The van der Waals surface area contributed by atoms with E-state index in [1.165, 1.54) is 7.11 Å². The minimum Gasteiger partial charge on any atom is -0.348 e. The lowest BCUT2D eigenvalue weighted by molar-refractivity contribution is 0.488. The zero-order valence-electron chi connectivity index (χ0n) is 2.30. The highest BCUT2D eigenvalue weighted by atomic mass is 31.0. The van der Waals surface area contributed by atoms with Crippen LogP contribution in [0.2, 0.25) is 0 Å². The summed E-state index contributed by atoms with van der Waals surface area (Å²) in [5.41, 5.74) is 0. The van der Waals surface area contributed by atoms with E-state index in [0.717, 1.165) is 0 Å². The summed E-state index contributed by atoms with van der Waals surface area (Å²) in [6, 6.07) is 0. The van der Waals surface area contributed by atoms with Crippen molar-refractivity contribution in [2.45, 2.75) is 0 Å². The normalized spacial score (nSPS) is 4.50. The first-order valence-corrected chi connectivity index (χ1v) is 0.956. The Labute approximate surface area is 28.4 Å². The molecule has 4 heavy (non-hydrogen) atoms. The Kier molecular flexibility index (Phi) is 22.4. The van der Waals surface area contributed by atoms with E-state index in [1.54, 1.807) is 0 Å². The van der Waals surface area contributed by atoms with Crippen LogP contribution >= 0.6 is 9.47 Å². The predicted molar refractivity (Wildman–Crippen MR) is 16.1 cm³/mol. The molecule has 0 unspecified atom stereocenters. The topological polar surface area (TPSA) is 39.7 Å². The number of rotatable bonds is 0. The van der Waals surface area contributed by atoms with Crippen molar-refractivity contribution >= 4 is 9.47 Å². The quantitative estimate of drug-likeness (QED) is 0.387. The third kappa shape index (κ3) is 35.0. The van der Waals surface area contributed by atoms with E-state index in [4.69, 9.17) is 0 Å². The first-order chi connectivity index (χ1) is 1.41. The van der Waals surface area contributed by atoms with Crippen molar-refractivity contribution in [2.75, 3.05) is 7.11 Å². The van der Waals surface area contributed by atoms with E-state index in [-0.39, 0.29) is 6.15 Å². The molecule has 5 radical (unpaired) electrons. The van der Waals surface area contributed by atoms with Crippen molar-refractivity contribution in [1.29, 1.82) is 0 Å². The summed E-state index contributed by atoms with van der Waals surface area (Å²) in [6.45, 7) is 0. The SMILES string of the molecule is CO[P].[N]. The molecule has 0 aliphatic carbocycles. The number of hydrogen-bond donors (Lipinski definition) is 0. The van der Waals surface area contributed by atoms with E-state index in [0.29, 0.717) is 0 Å². The summed E-state index contributed by atoms with van der Waals surface area (Å²) in [5.74, 6) is 0. The molecule has 0 fully saturated rings. The van der Waals surface area contributed by atoms with E-state index >= 15 is 0 Å². The lowest BCUT2D eigenvalue weighted by atomic mass is 11.8. The molecule has 0 heterocycles. The second-order valence-electron chi connectivity index (χ2n) is 0.183. The molecule has 0 atom stereocenters. The minimum absolute atomic E-state index is 0. The molecule has 2 nitrogen and oxygen atoms in total. The Morgan fingerprint density at radius 3 is 1.75 bits per heavy atom. The Morgan fingerprint density at radius 1 is 1.75 bits per heavy atom. The van der Waals surface area contributed by atoms with Gasteiger partial charge in [0.05, 0.1) is 0 Å². The Hall–Kier alpha value is 0.350. The third-order valence-electron chi connectivity index (χ3n) is 0. The largest absolute Gasteiger partial charge is 0.348 e. The standard InChI is InChI=1S/CH3OP.N/c1-2-3;/h1H3;. The van der Waals surface area contributed by atoms with Gasteiger partial charge in [0, 0.05) is 13.3 Å². The molecule has 0 spiro atoms. The molecule has 0 aromatic heterocycles. The summed E-state index contributed by atoms with van der Waals surface area (Å²) in [4.78, 5) is 0. The second-order valence-corrected chi connectivity index (χ2v) is 0.548. The van der Waals surface area contributed by atoms with Crippen LogP contribution in [0.3, 0.4) is 0 Å². The molecule has 0 aliphatic rings. The summed E-state index contributed by atoms with van der Waals surface area (Å²) in [6.07, 6.45) is 0. The van der Waals surface area contributed by atoms with Gasteiger partial charge in [-0.1, -0.05) is 0 Å². The van der Waals surface area contributed by atoms with Crippen molar-refractivity contribution < 1.29 is 4.52 Å². The van der Waals surface area contributed by atoms with E-state index in [1.807, 2.05) is 0 Å². The monoisotopic (exact) mass is 76.0 g/mol. The van der Waals surface area contributed by atoms with Crippen LogP contribution in [0.15, 0.2) is 0 Å². The molecular weight excluding hydrogens is 73.0 g/mol. The molecule has 0 rings (SSSR count). The molecule has 0 aliphatic heterocycles. The van der Waals surface area contributed by atoms with Gasteiger partial charge in [0.2, 0.25) is 0 Å². The van der Waals surface area contributed by atoms with Gasteiger partial charge in [0.15, 0.2) is 0 Å². The third-order valence-corrected chi connectivity index (χ3v) is 0. The number of nitrogens with zero attached hydrogens (tertiary/aromatic N) is 1. The van der Waals surface area contributed by atoms with Gasteiger partial charge in [-0.2, -0.15) is 0 Å². The first kappa shape index (κ1) is 8.84. The predicted octanol–water partition coefficient (Wildman–Crippen LogP) is 0.478. The van der Waals surface area contributed by atoms with Crippen LogP contribution in [0.4, 0.5) is 0 Å². The Bertz CT molecular complexity index is 8.00.